The minimum absolute atomic E-state index is 0.0961. The molecule has 0 aliphatic heterocycles. The largest absolute Gasteiger partial charge is 0.417 e. The molecule has 1 rings (SSSR count). The maximum absolute atomic E-state index is 12.8. The van der Waals surface area contributed by atoms with Crippen LogP contribution < -0.4 is 0 Å². The Kier molecular flexibility index (Phi) is 6.40. The lowest BCUT2D eigenvalue weighted by molar-refractivity contribution is -0.138. The molecule has 0 bridgehead atoms. The maximum Gasteiger partial charge on any atom is 0.417 e. The first-order valence-corrected chi connectivity index (χ1v) is 6.99. The van der Waals surface area contributed by atoms with Gasteiger partial charge in [-0.15, -0.1) is 11.6 Å². The van der Waals surface area contributed by atoms with Crippen molar-refractivity contribution >= 4 is 33.4 Å². The second kappa shape index (κ2) is 7.40. The molecule has 0 aromatic heterocycles. The van der Waals surface area contributed by atoms with Gasteiger partial charge in [0.1, 0.15) is 0 Å². The lowest BCUT2D eigenvalue weighted by Crippen LogP contribution is -2.36. The minimum Gasteiger partial charge on any atom is -0.332 e. The summed E-state index contributed by atoms with van der Waals surface area (Å²) in [6.45, 7) is -1.06. The number of benzene rings is 1. The molecule has 0 radical (unpaired) electrons. The summed E-state index contributed by atoms with van der Waals surface area (Å²) in [5, 5.41) is 0. The second-order valence-electron chi connectivity index (χ2n) is 4.02. The van der Waals surface area contributed by atoms with Gasteiger partial charge in [-0.25, -0.2) is 8.78 Å². The van der Waals surface area contributed by atoms with E-state index in [2.05, 4.69) is 15.9 Å². The highest BCUT2D eigenvalue weighted by molar-refractivity contribution is 9.10. The molecule has 0 saturated carbocycles. The topological polar surface area (TPSA) is 20.3 Å². The van der Waals surface area contributed by atoms with Crippen LogP contribution in [0, 0.1) is 0 Å². The predicted octanol–water partition coefficient (Wildman–Crippen LogP) is 4.41. The number of nitrogens with zero attached hydrogens (tertiary/aromatic N) is 1. The van der Waals surface area contributed by atoms with Crippen molar-refractivity contribution in [3.63, 3.8) is 0 Å². The third-order valence-electron chi connectivity index (χ3n) is 2.52. The molecule has 1 amide bonds. The summed E-state index contributed by atoms with van der Waals surface area (Å²) in [6, 6.07) is 2.81. The molecule has 118 valence electrons. The maximum atomic E-state index is 12.8. The molecule has 9 heteroatoms. The van der Waals surface area contributed by atoms with Gasteiger partial charge in [-0.1, -0.05) is 15.9 Å². The van der Waals surface area contributed by atoms with Crippen LogP contribution in [0.3, 0.4) is 0 Å². The molecule has 0 unspecified atom stereocenters. The standard InChI is InChI=1S/C12H10BrClF5NO/c13-9-2-1-7(5-8(9)12(17,18)19)11(21)20(4-3-14)6-10(15)16/h1-2,5,10H,3-4,6H2. The van der Waals surface area contributed by atoms with Crippen LogP contribution in [0.2, 0.25) is 0 Å². The third kappa shape index (κ3) is 5.10. The molecule has 1 aromatic carbocycles. The fourth-order valence-corrected chi connectivity index (χ4v) is 2.28. The average Bonchev–Trinajstić information content (AvgIpc) is 2.36. The monoisotopic (exact) mass is 393 g/mol. The van der Waals surface area contributed by atoms with Gasteiger partial charge >= 0.3 is 6.18 Å². The molecule has 21 heavy (non-hydrogen) atoms. The summed E-state index contributed by atoms with van der Waals surface area (Å²) in [6.07, 6.45) is -7.45. The van der Waals surface area contributed by atoms with E-state index >= 15 is 0 Å². The quantitative estimate of drug-likeness (QED) is 0.535. The van der Waals surface area contributed by atoms with E-state index in [-0.39, 0.29) is 22.5 Å². The van der Waals surface area contributed by atoms with Gasteiger partial charge in [-0.05, 0) is 18.2 Å². The fourth-order valence-electron chi connectivity index (χ4n) is 1.60. The van der Waals surface area contributed by atoms with E-state index in [4.69, 9.17) is 11.6 Å². The Morgan fingerprint density at radius 2 is 1.95 bits per heavy atom. The van der Waals surface area contributed by atoms with Gasteiger partial charge in [-0.2, -0.15) is 13.2 Å². The summed E-state index contributed by atoms with van der Waals surface area (Å²) in [4.78, 5) is 12.7. The van der Waals surface area contributed by atoms with E-state index in [0.29, 0.717) is 6.07 Å². The van der Waals surface area contributed by atoms with Gasteiger partial charge in [-0.3, -0.25) is 4.79 Å². The zero-order valence-corrected chi connectivity index (χ0v) is 12.8. The summed E-state index contributed by atoms with van der Waals surface area (Å²) in [5.74, 6) is -1.02. The Morgan fingerprint density at radius 3 is 2.43 bits per heavy atom. The van der Waals surface area contributed by atoms with E-state index < -0.39 is 30.6 Å². The van der Waals surface area contributed by atoms with E-state index in [0.717, 1.165) is 17.0 Å². The number of carbonyl (C=O) groups is 1. The lowest BCUT2D eigenvalue weighted by atomic mass is 10.1. The molecular formula is C12H10BrClF5NO. The molecule has 0 spiro atoms. The van der Waals surface area contributed by atoms with Crippen LogP contribution in [0.25, 0.3) is 0 Å². The molecule has 0 saturated heterocycles. The van der Waals surface area contributed by atoms with Crippen molar-refractivity contribution in [3.05, 3.63) is 33.8 Å². The van der Waals surface area contributed by atoms with Crippen molar-refractivity contribution in [1.29, 1.82) is 0 Å². The lowest BCUT2D eigenvalue weighted by Gasteiger charge is -2.22. The summed E-state index contributed by atoms with van der Waals surface area (Å²) in [7, 11) is 0. The summed E-state index contributed by atoms with van der Waals surface area (Å²) < 4.78 is 62.8. The number of alkyl halides is 6. The molecule has 0 N–H and O–H groups in total. The number of hydrogen-bond acceptors (Lipinski definition) is 1. The first-order chi connectivity index (χ1) is 9.66. The fraction of sp³-hybridized carbons (Fsp3) is 0.417. The first-order valence-electron chi connectivity index (χ1n) is 5.67. The van der Waals surface area contributed by atoms with Crippen molar-refractivity contribution in [1.82, 2.24) is 4.90 Å². The average molecular weight is 395 g/mol. The Bertz CT molecular complexity index is 509. The van der Waals surface area contributed by atoms with Crippen LogP contribution >= 0.6 is 27.5 Å². The van der Waals surface area contributed by atoms with Gasteiger partial charge in [0, 0.05) is 22.5 Å². The van der Waals surface area contributed by atoms with E-state index in [1.807, 2.05) is 0 Å². The number of rotatable bonds is 5. The highest BCUT2D eigenvalue weighted by atomic mass is 79.9. The van der Waals surface area contributed by atoms with Crippen LogP contribution in [0.4, 0.5) is 22.0 Å². The zero-order chi connectivity index (χ0) is 16.2. The van der Waals surface area contributed by atoms with E-state index in [9.17, 15) is 26.7 Å². The van der Waals surface area contributed by atoms with Gasteiger partial charge < -0.3 is 4.90 Å². The SMILES string of the molecule is O=C(c1ccc(Br)c(C(F)(F)F)c1)N(CCCl)CC(F)F. The highest BCUT2D eigenvalue weighted by Gasteiger charge is 2.34. The smallest absolute Gasteiger partial charge is 0.332 e. The number of hydrogen-bond donors (Lipinski definition) is 0. The molecule has 0 aliphatic rings. The Morgan fingerprint density at radius 1 is 1.33 bits per heavy atom. The van der Waals surface area contributed by atoms with Crippen molar-refractivity contribution in [2.75, 3.05) is 19.0 Å². The minimum atomic E-state index is -4.66. The molecule has 0 atom stereocenters. The van der Waals surface area contributed by atoms with Crippen LogP contribution in [-0.2, 0) is 6.18 Å². The van der Waals surface area contributed by atoms with Crippen molar-refractivity contribution < 1.29 is 26.7 Å². The van der Waals surface area contributed by atoms with E-state index in [1.54, 1.807) is 0 Å². The number of carbonyl (C=O) groups excluding carboxylic acids is 1. The zero-order valence-electron chi connectivity index (χ0n) is 10.4. The van der Waals surface area contributed by atoms with Gasteiger partial charge in [0.05, 0.1) is 12.1 Å². The van der Waals surface area contributed by atoms with Gasteiger partial charge in [0.2, 0.25) is 0 Å². The molecule has 0 heterocycles. The highest BCUT2D eigenvalue weighted by Crippen LogP contribution is 2.35. The normalized spacial score (nSPS) is 11.8. The van der Waals surface area contributed by atoms with Gasteiger partial charge in [0.15, 0.2) is 0 Å². The van der Waals surface area contributed by atoms with Crippen LogP contribution in [0.1, 0.15) is 15.9 Å². The summed E-state index contributed by atoms with van der Waals surface area (Å²) in [5.41, 5.74) is -1.37. The second-order valence-corrected chi connectivity index (χ2v) is 5.26. The Hall–Kier alpha value is -0.890. The molecule has 0 fully saturated rings. The van der Waals surface area contributed by atoms with Crippen LogP contribution in [0.15, 0.2) is 22.7 Å². The third-order valence-corrected chi connectivity index (χ3v) is 3.38. The molecular weight excluding hydrogens is 384 g/mol. The summed E-state index contributed by atoms with van der Waals surface area (Å²) >= 11 is 8.15. The first kappa shape index (κ1) is 18.2. The van der Waals surface area contributed by atoms with Crippen molar-refractivity contribution in [2.24, 2.45) is 0 Å². The predicted molar refractivity (Wildman–Crippen MR) is 71.8 cm³/mol. The van der Waals surface area contributed by atoms with Gasteiger partial charge in [0.25, 0.3) is 12.3 Å². The molecule has 2 nitrogen and oxygen atoms in total. The van der Waals surface area contributed by atoms with Crippen molar-refractivity contribution in [3.8, 4) is 0 Å². The van der Waals surface area contributed by atoms with E-state index in [1.165, 1.54) is 0 Å². The Labute approximate surface area is 131 Å². The Balaban J connectivity index is 3.11. The van der Waals surface area contributed by atoms with Crippen molar-refractivity contribution in [2.45, 2.75) is 12.6 Å². The number of halogens is 7. The molecule has 1 aromatic rings. The van der Waals surface area contributed by atoms with Crippen LogP contribution in [-0.4, -0.2) is 36.2 Å². The van der Waals surface area contributed by atoms with Crippen LogP contribution in [0.5, 0.6) is 0 Å². The number of amides is 1. The molecule has 0 aliphatic carbocycles.